The fourth-order valence-corrected chi connectivity index (χ4v) is 6.78. The van der Waals surface area contributed by atoms with Gasteiger partial charge in [-0.1, -0.05) is 91.7 Å². The van der Waals surface area contributed by atoms with E-state index in [0.29, 0.717) is 12.2 Å². The molecule has 9 heteroatoms. The largest absolute Gasteiger partial charge is 0.354 e. The number of aryl methyl sites for hydroxylation is 1. The molecule has 0 aromatic heterocycles. The van der Waals surface area contributed by atoms with Gasteiger partial charge in [-0.05, 0) is 67.1 Å². The highest BCUT2D eigenvalue weighted by atomic mass is 32.2. The number of rotatable bonds is 15. The van der Waals surface area contributed by atoms with Gasteiger partial charge in [-0.2, -0.15) is 0 Å². The molecule has 0 spiro atoms. The second kappa shape index (κ2) is 16.3. The SMILES string of the molecule is CCCCNC(=O)[C@@H](Cc1ccccc1)N(Cc1ccccc1)C(=O)CN(c1ccc(C)cc1)S(=O)(=O)c1ccc(SC)cc1. The molecule has 1 N–H and O–H groups in total. The van der Waals surface area contributed by atoms with E-state index in [0.717, 1.165) is 38.7 Å². The van der Waals surface area contributed by atoms with Crippen molar-refractivity contribution in [3.05, 3.63) is 126 Å². The molecule has 236 valence electrons. The minimum absolute atomic E-state index is 0.0847. The number of carbonyl (C=O) groups excluding carboxylic acids is 2. The molecule has 0 heterocycles. The summed E-state index contributed by atoms with van der Waals surface area (Å²) in [5.41, 5.74) is 3.07. The molecule has 45 heavy (non-hydrogen) atoms. The fourth-order valence-electron chi connectivity index (χ4n) is 4.95. The van der Waals surface area contributed by atoms with Crippen molar-refractivity contribution in [2.45, 2.75) is 55.5 Å². The van der Waals surface area contributed by atoms with Crippen molar-refractivity contribution in [1.82, 2.24) is 10.2 Å². The number of sulfonamides is 1. The van der Waals surface area contributed by atoms with E-state index in [-0.39, 0.29) is 23.8 Å². The highest BCUT2D eigenvalue weighted by Gasteiger charge is 2.34. The minimum Gasteiger partial charge on any atom is -0.354 e. The van der Waals surface area contributed by atoms with Crippen LogP contribution in [0, 0.1) is 6.92 Å². The maximum Gasteiger partial charge on any atom is 0.264 e. The quantitative estimate of drug-likeness (QED) is 0.119. The van der Waals surface area contributed by atoms with Crippen LogP contribution in [-0.4, -0.2) is 50.5 Å². The van der Waals surface area contributed by atoms with Gasteiger partial charge in [-0.25, -0.2) is 8.42 Å². The molecule has 7 nitrogen and oxygen atoms in total. The van der Waals surface area contributed by atoms with Crippen LogP contribution in [-0.2, 0) is 32.6 Å². The van der Waals surface area contributed by atoms with Gasteiger partial charge < -0.3 is 10.2 Å². The van der Waals surface area contributed by atoms with E-state index in [1.54, 1.807) is 36.4 Å². The summed E-state index contributed by atoms with van der Waals surface area (Å²) in [6.07, 6.45) is 3.93. The molecule has 0 aliphatic heterocycles. The highest BCUT2D eigenvalue weighted by molar-refractivity contribution is 7.98. The van der Waals surface area contributed by atoms with Gasteiger partial charge >= 0.3 is 0 Å². The Morgan fingerprint density at radius 3 is 2.00 bits per heavy atom. The Kier molecular flexibility index (Phi) is 12.2. The number of unbranched alkanes of at least 4 members (excludes halogenated alkanes) is 1. The van der Waals surface area contributed by atoms with E-state index in [1.807, 2.05) is 92.9 Å². The van der Waals surface area contributed by atoms with Crippen molar-refractivity contribution in [1.29, 1.82) is 0 Å². The first-order chi connectivity index (χ1) is 21.7. The standard InChI is InChI=1S/C36H41N3O4S2/c1-4-5-24-37-36(41)34(25-29-12-8-6-9-13-29)38(26-30-14-10-7-11-15-30)35(40)27-39(31-18-16-28(2)17-19-31)45(42,43)33-22-20-32(44-3)21-23-33/h6-23,34H,4-5,24-27H2,1-3H3,(H,37,41)/t34-/m1/s1. The van der Waals surface area contributed by atoms with Crippen molar-refractivity contribution in [3.8, 4) is 0 Å². The molecule has 2 amide bonds. The van der Waals surface area contributed by atoms with Crippen molar-refractivity contribution in [2.75, 3.05) is 23.7 Å². The zero-order valence-corrected chi connectivity index (χ0v) is 27.7. The first-order valence-electron chi connectivity index (χ1n) is 15.1. The number of amides is 2. The van der Waals surface area contributed by atoms with Crippen molar-refractivity contribution < 1.29 is 18.0 Å². The number of thioether (sulfide) groups is 1. The van der Waals surface area contributed by atoms with Gasteiger partial charge in [-0.15, -0.1) is 11.8 Å². The average Bonchev–Trinajstić information content (AvgIpc) is 3.06. The van der Waals surface area contributed by atoms with E-state index < -0.39 is 28.5 Å². The summed E-state index contributed by atoms with van der Waals surface area (Å²) in [6.45, 7) is 4.12. The molecule has 0 aliphatic rings. The number of hydrogen-bond acceptors (Lipinski definition) is 5. The summed E-state index contributed by atoms with van der Waals surface area (Å²) in [5.74, 6) is -0.746. The van der Waals surface area contributed by atoms with E-state index in [1.165, 1.54) is 16.7 Å². The van der Waals surface area contributed by atoms with Gasteiger partial charge in [-0.3, -0.25) is 13.9 Å². The summed E-state index contributed by atoms with van der Waals surface area (Å²) in [4.78, 5) is 30.8. The molecular weight excluding hydrogens is 603 g/mol. The van der Waals surface area contributed by atoms with Crippen LogP contribution in [0.5, 0.6) is 0 Å². The number of hydrogen-bond donors (Lipinski definition) is 1. The molecule has 0 fully saturated rings. The molecule has 0 radical (unpaired) electrons. The van der Waals surface area contributed by atoms with Crippen LogP contribution in [0.2, 0.25) is 0 Å². The zero-order chi connectivity index (χ0) is 32.2. The molecule has 0 aliphatic carbocycles. The predicted molar refractivity (Wildman–Crippen MR) is 183 cm³/mol. The van der Waals surface area contributed by atoms with Crippen LogP contribution in [0.4, 0.5) is 5.69 Å². The number of anilines is 1. The monoisotopic (exact) mass is 643 g/mol. The molecule has 4 aromatic carbocycles. The number of nitrogens with zero attached hydrogens (tertiary/aromatic N) is 2. The van der Waals surface area contributed by atoms with Crippen molar-refractivity contribution >= 4 is 39.3 Å². The van der Waals surface area contributed by atoms with Crippen molar-refractivity contribution in [3.63, 3.8) is 0 Å². The van der Waals surface area contributed by atoms with Crippen LogP contribution in [0.15, 0.2) is 119 Å². The van der Waals surface area contributed by atoms with E-state index in [2.05, 4.69) is 5.32 Å². The molecule has 4 rings (SSSR count). The van der Waals surface area contributed by atoms with Crippen LogP contribution >= 0.6 is 11.8 Å². The summed E-state index contributed by atoms with van der Waals surface area (Å²) in [6, 6.07) is 31.8. The lowest BCUT2D eigenvalue weighted by molar-refractivity contribution is -0.140. The smallest absolute Gasteiger partial charge is 0.264 e. The Balaban J connectivity index is 1.77. The van der Waals surface area contributed by atoms with Crippen molar-refractivity contribution in [2.24, 2.45) is 0 Å². The lowest BCUT2D eigenvalue weighted by Crippen LogP contribution is -2.53. The first-order valence-corrected chi connectivity index (χ1v) is 17.8. The number of benzene rings is 4. The second-order valence-corrected chi connectivity index (χ2v) is 13.6. The number of nitrogens with one attached hydrogen (secondary N) is 1. The Labute approximate surface area is 271 Å². The molecule has 0 bridgehead atoms. The van der Waals surface area contributed by atoms with Gasteiger partial charge in [0.25, 0.3) is 10.0 Å². The van der Waals surface area contributed by atoms with Gasteiger partial charge in [0.05, 0.1) is 10.6 Å². The molecular formula is C36H41N3O4S2. The van der Waals surface area contributed by atoms with E-state index in [4.69, 9.17) is 0 Å². The summed E-state index contributed by atoms with van der Waals surface area (Å²) in [5, 5.41) is 3.02. The van der Waals surface area contributed by atoms with Gasteiger partial charge in [0, 0.05) is 24.4 Å². The van der Waals surface area contributed by atoms with Gasteiger partial charge in [0.15, 0.2) is 0 Å². The third-order valence-corrected chi connectivity index (χ3v) is 10.1. The molecule has 4 aromatic rings. The Bertz CT molecular complexity index is 1630. The zero-order valence-electron chi connectivity index (χ0n) is 26.1. The second-order valence-electron chi connectivity index (χ2n) is 10.9. The Morgan fingerprint density at radius 2 is 1.42 bits per heavy atom. The molecule has 0 saturated carbocycles. The summed E-state index contributed by atoms with van der Waals surface area (Å²) < 4.78 is 29.5. The topological polar surface area (TPSA) is 86.8 Å². The fraction of sp³-hybridized carbons (Fsp3) is 0.278. The number of carbonyl (C=O) groups is 2. The lowest BCUT2D eigenvalue weighted by atomic mass is 10.0. The van der Waals surface area contributed by atoms with Crippen LogP contribution in [0.1, 0.15) is 36.5 Å². The van der Waals surface area contributed by atoms with Gasteiger partial charge in [0.1, 0.15) is 12.6 Å². The minimum atomic E-state index is -4.14. The summed E-state index contributed by atoms with van der Waals surface area (Å²) >= 11 is 1.52. The maximum absolute atomic E-state index is 14.5. The molecule has 1 atom stereocenters. The van der Waals surface area contributed by atoms with Crippen LogP contribution < -0.4 is 9.62 Å². The normalized spacial score (nSPS) is 11.9. The Hall–Kier alpha value is -4.08. The predicted octanol–water partition coefficient (Wildman–Crippen LogP) is 6.47. The lowest BCUT2D eigenvalue weighted by Gasteiger charge is -2.34. The first kappa shape index (κ1) is 33.8. The molecule has 0 unspecified atom stereocenters. The van der Waals surface area contributed by atoms with Gasteiger partial charge in [0.2, 0.25) is 11.8 Å². The maximum atomic E-state index is 14.5. The third kappa shape index (κ3) is 9.22. The average molecular weight is 644 g/mol. The van der Waals surface area contributed by atoms with Crippen LogP contribution in [0.3, 0.4) is 0 Å². The molecule has 0 saturated heterocycles. The highest BCUT2D eigenvalue weighted by Crippen LogP contribution is 2.27. The summed E-state index contributed by atoms with van der Waals surface area (Å²) in [7, 11) is -4.14. The third-order valence-electron chi connectivity index (χ3n) is 7.54. The Morgan fingerprint density at radius 1 is 0.822 bits per heavy atom. The van der Waals surface area contributed by atoms with E-state index in [9.17, 15) is 18.0 Å². The van der Waals surface area contributed by atoms with E-state index >= 15 is 0 Å². The van der Waals surface area contributed by atoms with Crippen LogP contribution in [0.25, 0.3) is 0 Å².